The van der Waals surface area contributed by atoms with Crippen molar-refractivity contribution in [3.8, 4) is 11.5 Å². The third-order valence-corrected chi connectivity index (χ3v) is 3.32. The van der Waals surface area contributed by atoms with Crippen molar-refractivity contribution >= 4 is 5.91 Å². The molecular formula is C15H22N2O3. The average Bonchev–Trinajstić information content (AvgIpc) is 2.50. The third kappa shape index (κ3) is 3.63. The zero-order valence-electron chi connectivity index (χ0n) is 11.9. The molecule has 2 rings (SSSR count). The van der Waals surface area contributed by atoms with Crippen molar-refractivity contribution in [2.45, 2.75) is 32.2 Å². The highest BCUT2D eigenvalue weighted by Crippen LogP contribution is 2.33. The van der Waals surface area contributed by atoms with Gasteiger partial charge in [-0.2, -0.15) is 0 Å². The van der Waals surface area contributed by atoms with E-state index in [9.17, 15) is 4.79 Å². The van der Waals surface area contributed by atoms with Crippen molar-refractivity contribution in [3.63, 3.8) is 0 Å². The number of hydrogen-bond acceptors (Lipinski definition) is 4. The van der Waals surface area contributed by atoms with Gasteiger partial charge in [0.2, 0.25) is 5.91 Å². The maximum Gasteiger partial charge on any atom is 0.220 e. The summed E-state index contributed by atoms with van der Waals surface area (Å²) in [6.45, 7) is 3.73. The number of rotatable bonds is 6. The summed E-state index contributed by atoms with van der Waals surface area (Å²) in [6, 6.07) is 5.83. The summed E-state index contributed by atoms with van der Waals surface area (Å²) in [7, 11) is 0. The van der Waals surface area contributed by atoms with E-state index >= 15 is 0 Å². The van der Waals surface area contributed by atoms with Crippen LogP contribution in [-0.4, -0.2) is 25.7 Å². The van der Waals surface area contributed by atoms with Crippen molar-refractivity contribution in [1.29, 1.82) is 0 Å². The number of nitrogens with two attached hydrogens (primary N) is 1. The van der Waals surface area contributed by atoms with Crippen molar-refractivity contribution in [2.75, 3.05) is 19.8 Å². The minimum absolute atomic E-state index is 0.00361. The Bertz CT molecular complexity index is 462. The molecule has 0 aromatic heterocycles. The quantitative estimate of drug-likeness (QED) is 0.831. The van der Waals surface area contributed by atoms with Gasteiger partial charge >= 0.3 is 0 Å². The average molecular weight is 278 g/mol. The molecule has 0 fully saturated rings. The Balaban J connectivity index is 2.05. The fourth-order valence-electron chi connectivity index (χ4n) is 2.23. The Morgan fingerprint density at radius 2 is 2.10 bits per heavy atom. The van der Waals surface area contributed by atoms with Crippen molar-refractivity contribution in [1.82, 2.24) is 5.32 Å². The van der Waals surface area contributed by atoms with E-state index < -0.39 is 0 Å². The summed E-state index contributed by atoms with van der Waals surface area (Å²) >= 11 is 0. The number of hydrogen-bond donors (Lipinski definition) is 2. The van der Waals surface area contributed by atoms with Crippen LogP contribution in [-0.2, 0) is 4.79 Å². The molecule has 1 amide bonds. The van der Waals surface area contributed by atoms with Crippen LogP contribution in [0.2, 0.25) is 0 Å². The highest BCUT2D eigenvalue weighted by atomic mass is 16.6. The molecule has 1 aliphatic rings. The molecule has 1 heterocycles. The van der Waals surface area contributed by atoms with Gasteiger partial charge in [-0.05, 0) is 37.1 Å². The lowest BCUT2D eigenvalue weighted by Crippen LogP contribution is -2.28. The normalized spacial score (nSPS) is 14.7. The minimum atomic E-state index is -0.00361. The summed E-state index contributed by atoms with van der Waals surface area (Å²) in [4.78, 5) is 11.8. The summed E-state index contributed by atoms with van der Waals surface area (Å²) in [5.74, 6) is 1.56. The van der Waals surface area contributed by atoms with Crippen LogP contribution in [0.1, 0.15) is 37.8 Å². The number of ether oxygens (including phenoxy) is 2. The van der Waals surface area contributed by atoms with Gasteiger partial charge in [0.1, 0.15) is 13.2 Å². The smallest absolute Gasteiger partial charge is 0.220 e. The van der Waals surface area contributed by atoms with Gasteiger partial charge < -0.3 is 20.5 Å². The second-order valence-corrected chi connectivity index (χ2v) is 4.82. The van der Waals surface area contributed by atoms with E-state index in [1.807, 2.05) is 25.1 Å². The molecule has 20 heavy (non-hydrogen) atoms. The van der Waals surface area contributed by atoms with E-state index in [2.05, 4.69) is 5.32 Å². The molecule has 1 aliphatic heterocycles. The number of benzene rings is 1. The molecule has 3 N–H and O–H groups in total. The van der Waals surface area contributed by atoms with Crippen LogP contribution < -0.4 is 20.5 Å². The lowest BCUT2D eigenvalue weighted by Gasteiger charge is -2.22. The van der Waals surface area contributed by atoms with Gasteiger partial charge in [-0.15, -0.1) is 0 Å². The van der Waals surface area contributed by atoms with Crippen molar-refractivity contribution in [2.24, 2.45) is 5.73 Å². The highest BCUT2D eigenvalue weighted by Gasteiger charge is 2.17. The van der Waals surface area contributed by atoms with Crippen LogP contribution in [0, 0.1) is 0 Å². The lowest BCUT2D eigenvalue weighted by atomic mass is 10.0. The van der Waals surface area contributed by atoms with E-state index in [1.54, 1.807) is 0 Å². The maximum atomic E-state index is 11.8. The summed E-state index contributed by atoms with van der Waals surface area (Å²) < 4.78 is 11.1. The topological polar surface area (TPSA) is 73.6 Å². The Morgan fingerprint density at radius 3 is 2.80 bits per heavy atom. The predicted molar refractivity (Wildman–Crippen MR) is 76.9 cm³/mol. The Kier molecular flexibility index (Phi) is 5.24. The molecule has 0 saturated carbocycles. The monoisotopic (exact) mass is 278 g/mol. The molecule has 110 valence electrons. The van der Waals surface area contributed by atoms with Crippen LogP contribution in [0.4, 0.5) is 0 Å². The molecule has 1 unspecified atom stereocenters. The summed E-state index contributed by atoms with van der Waals surface area (Å²) in [5, 5.41) is 3.03. The van der Waals surface area contributed by atoms with E-state index in [-0.39, 0.29) is 11.9 Å². The molecule has 0 bridgehead atoms. The van der Waals surface area contributed by atoms with Gasteiger partial charge in [0, 0.05) is 6.42 Å². The van der Waals surface area contributed by atoms with E-state index in [0.717, 1.165) is 23.5 Å². The molecule has 5 nitrogen and oxygen atoms in total. The number of carbonyl (C=O) groups excluding carboxylic acids is 1. The van der Waals surface area contributed by atoms with Gasteiger partial charge in [0.25, 0.3) is 0 Å². The molecule has 5 heteroatoms. The van der Waals surface area contributed by atoms with Gasteiger partial charge in [0.05, 0.1) is 6.04 Å². The first kappa shape index (κ1) is 14.7. The zero-order chi connectivity index (χ0) is 14.4. The van der Waals surface area contributed by atoms with Gasteiger partial charge in [0.15, 0.2) is 11.5 Å². The molecule has 1 aromatic carbocycles. The van der Waals surface area contributed by atoms with Crippen LogP contribution >= 0.6 is 0 Å². The van der Waals surface area contributed by atoms with Gasteiger partial charge in [-0.3, -0.25) is 4.79 Å². The second-order valence-electron chi connectivity index (χ2n) is 4.82. The standard InChI is InChI=1S/C15H22N2O3/c1-2-12(17-15(18)4-3-7-16)11-5-6-13-14(10-11)20-9-8-19-13/h5-6,10,12H,2-4,7-9,16H2,1H3,(H,17,18). The molecule has 0 saturated heterocycles. The van der Waals surface area contributed by atoms with Crippen molar-refractivity contribution < 1.29 is 14.3 Å². The van der Waals surface area contributed by atoms with Crippen LogP contribution in [0.15, 0.2) is 18.2 Å². The third-order valence-electron chi connectivity index (χ3n) is 3.32. The van der Waals surface area contributed by atoms with Crippen LogP contribution in [0.25, 0.3) is 0 Å². The number of fused-ring (bicyclic) bond motifs is 1. The molecule has 0 spiro atoms. The first-order valence-corrected chi connectivity index (χ1v) is 7.13. The van der Waals surface area contributed by atoms with Gasteiger partial charge in [-0.1, -0.05) is 13.0 Å². The highest BCUT2D eigenvalue weighted by molar-refractivity contribution is 5.76. The SMILES string of the molecule is CCC(NC(=O)CCCN)c1ccc2c(c1)OCCO2. The zero-order valence-corrected chi connectivity index (χ0v) is 11.9. The maximum absolute atomic E-state index is 11.8. The number of nitrogens with one attached hydrogen (secondary N) is 1. The van der Waals surface area contributed by atoms with Gasteiger partial charge in [-0.25, -0.2) is 0 Å². The van der Waals surface area contributed by atoms with E-state index in [1.165, 1.54) is 0 Å². The van der Waals surface area contributed by atoms with E-state index in [0.29, 0.717) is 32.6 Å². The Morgan fingerprint density at radius 1 is 1.35 bits per heavy atom. The largest absolute Gasteiger partial charge is 0.486 e. The Labute approximate surface area is 119 Å². The van der Waals surface area contributed by atoms with Crippen LogP contribution in [0.5, 0.6) is 11.5 Å². The molecule has 1 atom stereocenters. The molecular weight excluding hydrogens is 256 g/mol. The van der Waals surface area contributed by atoms with Crippen molar-refractivity contribution in [3.05, 3.63) is 23.8 Å². The molecule has 1 aromatic rings. The predicted octanol–water partition coefficient (Wildman–Crippen LogP) is 1.76. The minimum Gasteiger partial charge on any atom is -0.486 e. The first-order chi connectivity index (χ1) is 9.74. The molecule has 0 aliphatic carbocycles. The Hall–Kier alpha value is -1.75. The fourth-order valence-corrected chi connectivity index (χ4v) is 2.23. The molecule has 0 radical (unpaired) electrons. The summed E-state index contributed by atoms with van der Waals surface area (Å²) in [5.41, 5.74) is 6.46. The fraction of sp³-hybridized carbons (Fsp3) is 0.533. The number of carbonyl (C=O) groups is 1. The second kappa shape index (κ2) is 7.14. The first-order valence-electron chi connectivity index (χ1n) is 7.13. The number of amides is 1. The van der Waals surface area contributed by atoms with Crippen LogP contribution in [0.3, 0.4) is 0 Å². The summed E-state index contributed by atoms with van der Waals surface area (Å²) in [6.07, 6.45) is 2.01. The lowest BCUT2D eigenvalue weighted by molar-refractivity contribution is -0.121. The van der Waals surface area contributed by atoms with E-state index in [4.69, 9.17) is 15.2 Å².